The predicted octanol–water partition coefficient (Wildman–Crippen LogP) is 2.74. The molecule has 0 unspecified atom stereocenters. The number of hydrogen-bond acceptors (Lipinski definition) is 4. The van der Waals surface area contributed by atoms with Crippen molar-refractivity contribution >= 4 is 23.6 Å². The van der Waals surface area contributed by atoms with Gasteiger partial charge in [-0.15, -0.1) is 11.8 Å². The molecule has 2 aromatic rings. The first kappa shape index (κ1) is 15.1. The van der Waals surface area contributed by atoms with E-state index >= 15 is 0 Å². The highest BCUT2D eigenvalue weighted by Gasteiger charge is 2.10. The second kappa shape index (κ2) is 7.50. The molecule has 1 N–H and O–H groups in total. The summed E-state index contributed by atoms with van der Waals surface area (Å²) in [5, 5.41) is 2.37. The van der Waals surface area contributed by atoms with E-state index in [-0.39, 0.29) is 17.6 Å². The number of benzene rings is 2. The second-order valence-corrected chi connectivity index (χ2v) is 5.26. The normalized spacial score (nSPS) is 9.95. The number of methoxy groups -OCH3 is 1. The molecule has 4 nitrogen and oxygen atoms in total. The SMILES string of the molecule is COc1ccc(SCC(=O)NC(=O)c2ccccc2)cc1. The van der Waals surface area contributed by atoms with E-state index in [4.69, 9.17) is 4.74 Å². The number of carbonyl (C=O) groups excluding carboxylic acids is 2. The van der Waals surface area contributed by atoms with Gasteiger partial charge in [-0.25, -0.2) is 0 Å². The van der Waals surface area contributed by atoms with E-state index in [1.54, 1.807) is 31.4 Å². The minimum absolute atomic E-state index is 0.185. The molecule has 0 saturated heterocycles. The zero-order valence-electron chi connectivity index (χ0n) is 11.5. The molecule has 0 saturated carbocycles. The lowest BCUT2D eigenvalue weighted by atomic mass is 10.2. The fourth-order valence-corrected chi connectivity index (χ4v) is 2.34. The summed E-state index contributed by atoms with van der Waals surface area (Å²) in [5.41, 5.74) is 0.472. The van der Waals surface area contributed by atoms with Crippen molar-refractivity contribution in [2.45, 2.75) is 4.90 Å². The van der Waals surface area contributed by atoms with Gasteiger partial charge < -0.3 is 4.74 Å². The Morgan fingerprint density at radius 3 is 2.33 bits per heavy atom. The molecule has 0 aromatic heterocycles. The van der Waals surface area contributed by atoms with Crippen LogP contribution >= 0.6 is 11.8 Å². The number of rotatable bonds is 5. The van der Waals surface area contributed by atoms with Crippen LogP contribution in [0, 0.1) is 0 Å². The molecule has 2 rings (SSSR count). The third-order valence-electron chi connectivity index (χ3n) is 2.72. The molecule has 0 aliphatic heterocycles. The van der Waals surface area contributed by atoms with Gasteiger partial charge in [-0.2, -0.15) is 0 Å². The Bertz CT molecular complexity index is 611. The van der Waals surface area contributed by atoms with Crippen LogP contribution in [0.25, 0.3) is 0 Å². The molecule has 2 amide bonds. The third kappa shape index (κ3) is 4.65. The second-order valence-electron chi connectivity index (χ2n) is 4.21. The van der Waals surface area contributed by atoms with Crippen LogP contribution in [0.15, 0.2) is 59.5 Å². The van der Waals surface area contributed by atoms with Gasteiger partial charge in [-0.1, -0.05) is 18.2 Å². The molecule has 0 aliphatic rings. The van der Waals surface area contributed by atoms with Crippen molar-refractivity contribution in [3.63, 3.8) is 0 Å². The predicted molar refractivity (Wildman–Crippen MR) is 82.6 cm³/mol. The maximum absolute atomic E-state index is 11.8. The standard InChI is InChI=1S/C16H15NO3S/c1-20-13-7-9-14(10-8-13)21-11-15(18)17-16(19)12-5-3-2-4-6-12/h2-10H,11H2,1H3,(H,17,18,19). The third-order valence-corrected chi connectivity index (χ3v) is 3.73. The molecule has 108 valence electrons. The van der Waals surface area contributed by atoms with Gasteiger partial charge in [-0.05, 0) is 36.4 Å². The van der Waals surface area contributed by atoms with Crippen molar-refractivity contribution in [3.05, 3.63) is 60.2 Å². The van der Waals surface area contributed by atoms with Crippen molar-refractivity contribution in [1.82, 2.24) is 5.32 Å². The number of amides is 2. The maximum Gasteiger partial charge on any atom is 0.257 e. The van der Waals surface area contributed by atoms with Crippen molar-refractivity contribution in [2.24, 2.45) is 0 Å². The van der Waals surface area contributed by atoms with Gasteiger partial charge in [0.15, 0.2) is 0 Å². The highest BCUT2D eigenvalue weighted by Crippen LogP contribution is 2.20. The van der Waals surface area contributed by atoms with Crippen LogP contribution in [-0.4, -0.2) is 24.7 Å². The molecule has 0 fully saturated rings. The zero-order chi connectivity index (χ0) is 15.1. The number of nitrogens with one attached hydrogen (secondary N) is 1. The summed E-state index contributed by atoms with van der Waals surface area (Å²) >= 11 is 1.37. The molecule has 0 bridgehead atoms. The molecule has 21 heavy (non-hydrogen) atoms. The summed E-state index contributed by atoms with van der Waals surface area (Å²) < 4.78 is 5.06. The zero-order valence-corrected chi connectivity index (χ0v) is 12.4. The molecular weight excluding hydrogens is 286 g/mol. The van der Waals surface area contributed by atoms with Crippen molar-refractivity contribution in [3.8, 4) is 5.75 Å². The average molecular weight is 301 g/mol. The highest BCUT2D eigenvalue weighted by atomic mass is 32.2. The van der Waals surface area contributed by atoms with Crippen LogP contribution in [0.4, 0.5) is 0 Å². The molecule has 0 spiro atoms. The van der Waals surface area contributed by atoms with Gasteiger partial charge in [0.25, 0.3) is 5.91 Å². The lowest BCUT2D eigenvalue weighted by Crippen LogP contribution is -2.31. The van der Waals surface area contributed by atoms with Crippen LogP contribution in [0.1, 0.15) is 10.4 Å². The van der Waals surface area contributed by atoms with Gasteiger partial charge in [0.1, 0.15) is 5.75 Å². The maximum atomic E-state index is 11.8. The summed E-state index contributed by atoms with van der Waals surface area (Å²) in [6.07, 6.45) is 0. The van der Waals surface area contributed by atoms with Crippen LogP contribution in [0.3, 0.4) is 0 Å². The molecule has 0 atom stereocenters. The van der Waals surface area contributed by atoms with E-state index in [1.807, 2.05) is 30.3 Å². The topological polar surface area (TPSA) is 55.4 Å². The van der Waals surface area contributed by atoms with E-state index in [2.05, 4.69) is 5.32 Å². The minimum Gasteiger partial charge on any atom is -0.497 e. The summed E-state index contributed by atoms with van der Waals surface area (Å²) in [6, 6.07) is 16.1. The van der Waals surface area contributed by atoms with E-state index in [0.29, 0.717) is 5.56 Å². The van der Waals surface area contributed by atoms with Crippen molar-refractivity contribution < 1.29 is 14.3 Å². The smallest absolute Gasteiger partial charge is 0.257 e. The molecule has 2 aromatic carbocycles. The van der Waals surface area contributed by atoms with Crippen LogP contribution in [0.5, 0.6) is 5.75 Å². The Hall–Kier alpha value is -2.27. The van der Waals surface area contributed by atoms with Gasteiger partial charge >= 0.3 is 0 Å². The van der Waals surface area contributed by atoms with E-state index in [0.717, 1.165) is 10.6 Å². The Labute approximate surface area is 127 Å². The average Bonchev–Trinajstić information content (AvgIpc) is 2.54. The van der Waals surface area contributed by atoms with Crippen LogP contribution < -0.4 is 10.1 Å². The highest BCUT2D eigenvalue weighted by molar-refractivity contribution is 8.00. The summed E-state index contributed by atoms with van der Waals surface area (Å²) in [5.74, 6) is 0.258. The Balaban J connectivity index is 1.83. The van der Waals surface area contributed by atoms with E-state index in [9.17, 15) is 9.59 Å². The fourth-order valence-electron chi connectivity index (χ4n) is 1.65. The van der Waals surface area contributed by atoms with Gasteiger partial charge in [-0.3, -0.25) is 14.9 Å². The fraction of sp³-hybridized carbons (Fsp3) is 0.125. The van der Waals surface area contributed by atoms with E-state index in [1.165, 1.54) is 11.8 Å². The number of carbonyl (C=O) groups is 2. The quantitative estimate of drug-likeness (QED) is 0.863. The molecule has 5 heteroatoms. The molecule has 0 heterocycles. The summed E-state index contributed by atoms with van der Waals surface area (Å²) in [7, 11) is 1.60. The lowest BCUT2D eigenvalue weighted by molar-refractivity contribution is -0.117. The number of hydrogen-bond donors (Lipinski definition) is 1. The van der Waals surface area contributed by atoms with Gasteiger partial charge in [0.05, 0.1) is 12.9 Å². The number of imide groups is 1. The molecule has 0 radical (unpaired) electrons. The van der Waals surface area contributed by atoms with Gasteiger partial charge in [0, 0.05) is 10.5 Å². The number of thioether (sulfide) groups is 1. The van der Waals surface area contributed by atoms with E-state index < -0.39 is 0 Å². The van der Waals surface area contributed by atoms with Crippen molar-refractivity contribution in [2.75, 3.05) is 12.9 Å². The minimum atomic E-state index is -0.379. The summed E-state index contributed by atoms with van der Waals surface area (Å²) in [6.45, 7) is 0. The van der Waals surface area contributed by atoms with Gasteiger partial charge in [0.2, 0.25) is 5.91 Å². The van der Waals surface area contributed by atoms with Crippen LogP contribution in [0.2, 0.25) is 0 Å². The first-order chi connectivity index (χ1) is 10.2. The summed E-state index contributed by atoms with van der Waals surface area (Å²) in [4.78, 5) is 24.5. The lowest BCUT2D eigenvalue weighted by Gasteiger charge is -2.05. The van der Waals surface area contributed by atoms with Crippen molar-refractivity contribution in [1.29, 1.82) is 0 Å². The molecule has 0 aliphatic carbocycles. The Morgan fingerprint density at radius 1 is 1.05 bits per heavy atom. The first-order valence-electron chi connectivity index (χ1n) is 6.35. The number of ether oxygens (including phenoxy) is 1. The molecular formula is C16H15NO3S. The monoisotopic (exact) mass is 301 g/mol. The first-order valence-corrected chi connectivity index (χ1v) is 7.33. The Kier molecular flexibility index (Phi) is 5.40. The largest absolute Gasteiger partial charge is 0.497 e. The Morgan fingerprint density at radius 2 is 1.71 bits per heavy atom. The van der Waals surface area contributed by atoms with Crippen LogP contribution in [-0.2, 0) is 4.79 Å².